The van der Waals surface area contributed by atoms with Crippen molar-refractivity contribution in [2.24, 2.45) is 0 Å². The molecule has 0 aliphatic rings. The molecule has 0 saturated heterocycles. The molecule has 0 aliphatic carbocycles. The fourth-order valence-electron chi connectivity index (χ4n) is 3.95. The average Bonchev–Trinajstić information content (AvgIpc) is 2.93. The summed E-state index contributed by atoms with van der Waals surface area (Å²) in [7, 11) is -2.69. The minimum Gasteiger partial charge on any atom is -0.497 e. The van der Waals surface area contributed by atoms with Crippen LogP contribution in [0.2, 0.25) is 10.0 Å². The summed E-state index contributed by atoms with van der Waals surface area (Å²) in [6.45, 7) is 4.87. The molecule has 214 valence electrons. The summed E-state index contributed by atoms with van der Waals surface area (Å²) in [5, 5.41) is 3.32. The van der Waals surface area contributed by atoms with Crippen LogP contribution >= 0.6 is 23.2 Å². The Bertz CT molecular complexity index is 1420. The molecule has 0 saturated carbocycles. The fourth-order valence-corrected chi connectivity index (χ4v) is 5.88. The van der Waals surface area contributed by atoms with Crippen LogP contribution in [0.3, 0.4) is 0 Å². The Morgan fingerprint density at radius 3 is 2.20 bits per heavy atom. The van der Waals surface area contributed by atoms with E-state index in [2.05, 4.69) is 5.32 Å². The molecule has 8 nitrogen and oxygen atoms in total. The van der Waals surface area contributed by atoms with E-state index in [0.29, 0.717) is 17.7 Å². The molecule has 0 fully saturated rings. The lowest BCUT2D eigenvalue weighted by Gasteiger charge is -2.32. The van der Waals surface area contributed by atoms with E-state index < -0.39 is 28.5 Å². The van der Waals surface area contributed by atoms with Gasteiger partial charge in [0.15, 0.2) is 0 Å². The summed E-state index contributed by atoms with van der Waals surface area (Å²) in [5.41, 5.74) is 0.826. The van der Waals surface area contributed by atoms with Gasteiger partial charge in [-0.25, -0.2) is 8.42 Å². The van der Waals surface area contributed by atoms with Crippen molar-refractivity contribution in [2.75, 3.05) is 18.0 Å². The predicted molar refractivity (Wildman–Crippen MR) is 158 cm³/mol. The number of sulfonamides is 1. The normalized spacial score (nSPS) is 12.8. The van der Waals surface area contributed by atoms with Crippen LogP contribution in [0, 0.1) is 0 Å². The third-order valence-corrected chi connectivity index (χ3v) is 8.63. The van der Waals surface area contributed by atoms with Crippen LogP contribution in [0.4, 0.5) is 5.69 Å². The van der Waals surface area contributed by atoms with Crippen LogP contribution in [0.1, 0.15) is 32.8 Å². The van der Waals surface area contributed by atoms with Gasteiger partial charge in [0.1, 0.15) is 18.3 Å². The van der Waals surface area contributed by atoms with Gasteiger partial charge in [0.25, 0.3) is 10.0 Å². The number of carbonyl (C=O) groups excluding carboxylic acids is 2. The number of methoxy groups -OCH3 is 1. The summed E-state index contributed by atoms with van der Waals surface area (Å²) in [6, 6.07) is 18.2. The lowest BCUT2D eigenvalue weighted by atomic mass is 10.1. The highest BCUT2D eigenvalue weighted by molar-refractivity contribution is 7.92. The lowest BCUT2D eigenvalue weighted by Crippen LogP contribution is -2.52. The minimum absolute atomic E-state index is 0.0131. The Kier molecular flexibility index (Phi) is 10.8. The number of rotatable bonds is 12. The topological polar surface area (TPSA) is 96.0 Å². The zero-order chi connectivity index (χ0) is 29.4. The van der Waals surface area contributed by atoms with E-state index in [1.165, 1.54) is 42.3 Å². The number of hydrogen-bond donors (Lipinski definition) is 1. The van der Waals surface area contributed by atoms with Crippen LogP contribution in [0.25, 0.3) is 0 Å². The third kappa shape index (κ3) is 7.90. The molecule has 0 aliphatic heterocycles. The maximum absolute atomic E-state index is 14.0. The van der Waals surface area contributed by atoms with E-state index in [9.17, 15) is 18.0 Å². The smallest absolute Gasteiger partial charge is 0.264 e. The maximum Gasteiger partial charge on any atom is 0.264 e. The number of nitrogens with zero attached hydrogens (tertiary/aromatic N) is 2. The first kappa shape index (κ1) is 31.3. The zero-order valence-corrected chi connectivity index (χ0v) is 25.1. The van der Waals surface area contributed by atoms with Crippen molar-refractivity contribution in [3.8, 4) is 5.75 Å². The molecule has 0 spiro atoms. The Morgan fingerprint density at radius 2 is 1.60 bits per heavy atom. The van der Waals surface area contributed by atoms with Gasteiger partial charge in [0.2, 0.25) is 11.8 Å². The Balaban J connectivity index is 2.05. The molecule has 0 unspecified atom stereocenters. The molecule has 11 heteroatoms. The molecule has 2 atom stereocenters. The van der Waals surface area contributed by atoms with Crippen molar-refractivity contribution in [1.29, 1.82) is 0 Å². The SMILES string of the molecule is CC[C@H](C)NC(=O)[C@H](C)N(Cc1cccc(OC)c1)C(=O)CN(c1cc(Cl)cc(Cl)c1)S(=O)(=O)c1ccccc1. The van der Waals surface area contributed by atoms with Gasteiger partial charge in [-0.1, -0.05) is 60.5 Å². The van der Waals surface area contributed by atoms with Gasteiger partial charge in [0, 0.05) is 22.6 Å². The Hall–Kier alpha value is -3.27. The lowest BCUT2D eigenvalue weighted by molar-refractivity contribution is -0.139. The average molecular weight is 607 g/mol. The van der Waals surface area contributed by atoms with Gasteiger partial charge >= 0.3 is 0 Å². The molecular formula is C29H33Cl2N3O5S. The molecule has 2 amide bonds. The zero-order valence-electron chi connectivity index (χ0n) is 22.8. The summed E-state index contributed by atoms with van der Waals surface area (Å²) >= 11 is 12.4. The monoisotopic (exact) mass is 605 g/mol. The van der Waals surface area contributed by atoms with E-state index in [1.807, 2.05) is 13.8 Å². The highest BCUT2D eigenvalue weighted by atomic mass is 35.5. The molecule has 0 heterocycles. The van der Waals surface area contributed by atoms with Gasteiger partial charge in [-0.3, -0.25) is 13.9 Å². The van der Waals surface area contributed by atoms with Crippen molar-refractivity contribution in [2.45, 2.75) is 50.7 Å². The number of halogens is 2. The number of carbonyl (C=O) groups is 2. The molecular weight excluding hydrogens is 573 g/mol. The van der Waals surface area contributed by atoms with Crippen molar-refractivity contribution in [3.63, 3.8) is 0 Å². The van der Waals surface area contributed by atoms with Gasteiger partial charge in [0.05, 0.1) is 17.7 Å². The number of amides is 2. The first-order valence-corrected chi connectivity index (χ1v) is 14.9. The minimum atomic E-state index is -4.22. The van der Waals surface area contributed by atoms with E-state index in [1.54, 1.807) is 49.4 Å². The van der Waals surface area contributed by atoms with Crippen molar-refractivity contribution >= 4 is 50.7 Å². The second-order valence-electron chi connectivity index (χ2n) is 9.32. The molecule has 3 rings (SSSR count). The number of ether oxygens (including phenoxy) is 1. The second kappa shape index (κ2) is 13.9. The van der Waals surface area contributed by atoms with E-state index in [4.69, 9.17) is 27.9 Å². The predicted octanol–water partition coefficient (Wildman–Crippen LogP) is 5.53. The van der Waals surface area contributed by atoms with Crippen LogP contribution in [-0.2, 0) is 26.2 Å². The summed E-state index contributed by atoms with van der Waals surface area (Å²) in [4.78, 5) is 28.5. The van der Waals surface area contributed by atoms with Crippen molar-refractivity contribution < 1.29 is 22.7 Å². The Labute approximate surface area is 245 Å². The highest BCUT2D eigenvalue weighted by Crippen LogP contribution is 2.30. The van der Waals surface area contributed by atoms with Gasteiger partial charge in [-0.15, -0.1) is 0 Å². The maximum atomic E-state index is 14.0. The molecule has 3 aromatic rings. The standard InChI is InChI=1S/C29H33Cl2N3O5S/c1-5-20(2)32-29(36)21(3)33(18-22-10-9-11-26(14-22)39-4)28(35)19-34(25-16-23(30)15-24(31)17-25)40(37,38)27-12-7-6-8-13-27/h6-17,20-21H,5,18-19H2,1-4H3,(H,32,36)/t20-,21-/m0/s1. The molecule has 1 N–H and O–H groups in total. The van der Waals surface area contributed by atoms with Crippen LogP contribution in [-0.4, -0.2) is 50.9 Å². The number of anilines is 1. The van der Waals surface area contributed by atoms with E-state index in [0.717, 1.165) is 4.31 Å². The number of hydrogen-bond acceptors (Lipinski definition) is 5. The first-order chi connectivity index (χ1) is 19.0. The second-order valence-corrected chi connectivity index (χ2v) is 12.1. The number of benzene rings is 3. The van der Waals surface area contributed by atoms with Crippen LogP contribution in [0.5, 0.6) is 5.75 Å². The molecule has 0 bridgehead atoms. The van der Waals surface area contributed by atoms with Crippen LogP contribution < -0.4 is 14.4 Å². The van der Waals surface area contributed by atoms with Crippen LogP contribution in [0.15, 0.2) is 77.7 Å². The van der Waals surface area contributed by atoms with E-state index in [-0.39, 0.29) is 39.1 Å². The van der Waals surface area contributed by atoms with Gasteiger partial charge in [-0.05, 0) is 68.3 Å². The summed E-state index contributed by atoms with van der Waals surface area (Å²) < 4.78 is 33.9. The highest BCUT2D eigenvalue weighted by Gasteiger charge is 2.33. The molecule has 0 radical (unpaired) electrons. The van der Waals surface area contributed by atoms with Crippen molar-refractivity contribution in [1.82, 2.24) is 10.2 Å². The first-order valence-electron chi connectivity index (χ1n) is 12.7. The molecule has 40 heavy (non-hydrogen) atoms. The molecule has 0 aromatic heterocycles. The largest absolute Gasteiger partial charge is 0.497 e. The third-order valence-electron chi connectivity index (χ3n) is 6.40. The van der Waals surface area contributed by atoms with Gasteiger partial charge < -0.3 is 15.0 Å². The number of nitrogens with one attached hydrogen (secondary N) is 1. The Morgan fingerprint density at radius 1 is 0.950 bits per heavy atom. The molecule has 3 aromatic carbocycles. The van der Waals surface area contributed by atoms with Crippen molar-refractivity contribution in [3.05, 3.63) is 88.4 Å². The van der Waals surface area contributed by atoms with E-state index >= 15 is 0 Å². The quantitative estimate of drug-likeness (QED) is 0.293. The summed E-state index contributed by atoms with van der Waals surface area (Å²) in [6.07, 6.45) is 0.709. The fraction of sp³-hybridized carbons (Fsp3) is 0.310. The summed E-state index contributed by atoms with van der Waals surface area (Å²) in [5.74, 6) is -0.359. The van der Waals surface area contributed by atoms with Gasteiger partial charge in [-0.2, -0.15) is 0 Å².